The van der Waals surface area contributed by atoms with E-state index in [-0.39, 0.29) is 0 Å². The maximum absolute atomic E-state index is 6.50. The Kier molecular flexibility index (Phi) is 4.10. The number of rotatable bonds is 3. The molecule has 2 N–H and O–H groups in total. The van der Waals surface area contributed by atoms with E-state index < -0.39 is 0 Å². The summed E-state index contributed by atoms with van der Waals surface area (Å²) in [6.45, 7) is 0. The molecule has 4 aromatic carbocycles. The Hall–Kier alpha value is -4.54. The minimum atomic E-state index is 0.881. The van der Waals surface area contributed by atoms with Crippen LogP contribution in [0.2, 0.25) is 0 Å². The fraction of sp³-hybridized carbons (Fsp3) is 0. The molecular weight excluding hydrogens is 460 g/mol. The van der Waals surface area contributed by atoms with Gasteiger partial charge >= 0.3 is 0 Å². The zero-order chi connectivity index (χ0) is 23.6. The Labute approximate surface area is 210 Å². The van der Waals surface area contributed by atoms with E-state index in [1.165, 1.54) is 25.9 Å². The molecule has 36 heavy (non-hydrogen) atoms. The second kappa shape index (κ2) is 7.48. The highest BCUT2D eigenvalue weighted by molar-refractivity contribution is 7.22. The number of fused-ring (bicyclic) bond motifs is 4. The van der Waals surface area contributed by atoms with E-state index in [0.717, 1.165) is 50.0 Å². The normalized spacial score (nSPS) is 11.9. The van der Waals surface area contributed by atoms with Gasteiger partial charge < -0.3 is 14.4 Å². The molecule has 0 spiro atoms. The number of aromatic amines is 2. The van der Waals surface area contributed by atoms with Crippen LogP contribution in [0.1, 0.15) is 0 Å². The summed E-state index contributed by atoms with van der Waals surface area (Å²) < 4.78 is 7.78. The minimum absolute atomic E-state index is 0.881. The number of furan rings is 1. The van der Waals surface area contributed by atoms with Gasteiger partial charge in [0.05, 0.1) is 11.4 Å². The molecule has 4 heterocycles. The number of nitrogens with one attached hydrogen (secondary N) is 2. The van der Waals surface area contributed by atoms with Gasteiger partial charge in [0.1, 0.15) is 11.3 Å². The Morgan fingerprint density at radius 2 is 1.47 bits per heavy atom. The molecule has 170 valence electrons. The molecule has 3 nitrogen and oxygen atoms in total. The average molecular weight is 481 g/mol. The smallest absolute Gasteiger partial charge is 0.136 e. The minimum Gasteiger partial charge on any atom is -0.456 e. The topological polar surface area (TPSA) is 44.7 Å². The van der Waals surface area contributed by atoms with E-state index in [1.807, 2.05) is 23.5 Å². The molecule has 4 aromatic heterocycles. The van der Waals surface area contributed by atoms with Crippen molar-refractivity contribution in [2.75, 3.05) is 0 Å². The molecule has 0 saturated carbocycles. The highest BCUT2D eigenvalue weighted by Crippen LogP contribution is 2.46. The van der Waals surface area contributed by atoms with E-state index >= 15 is 0 Å². The predicted octanol–water partition coefficient (Wildman–Crippen LogP) is 9.61. The molecule has 0 aliphatic heterocycles. The number of aromatic nitrogens is 2. The van der Waals surface area contributed by atoms with Crippen molar-refractivity contribution in [1.82, 2.24) is 9.97 Å². The van der Waals surface area contributed by atoms with Crippen LogP contribution in [0.4, 0.5) is 0 Å². The lowest BCUT2D eigenvalue weighted by molar-refractivity contribution is 0.632. The van der Waals surface area contributed by atoms with Gasteiger partial charge in [-0.1, -0.05) is 66.7 Å². The second-order valence-corrected chi connectivity index (χ2v) is 10.3. The summed E-state index contributed by atoms with van der Waals surface area (Å²) in [5.74, 6) is 0.881. The first kappa shape index (κ1) is 19.7. The van der Waals surface area contributed by atoms with E-state index in [4.69, 9.17) is 4.42 Å². The quantitative estimate of drug-likeness (QED) is 0.260. The first-order valence-electron chi connectivity index (χ1n) is 12.0. The Morgan fingerprint density at radius 1 is 0.667 bits per heavy atom. The van der Waals surface area contributed by atoms with Crippen LogP contribution in [0.15, 0.2) is 114 Å². The fourth-order valence-corrected chi connectivity index (χ4v) is 6.43. The third-order valence-corrected chi connectivity index (χ3v) is 8.17. The fourth-order valence-electron chi connectivity index (χ4n) is 5.33. The number of hydrogen-bond acceptors (Lipinski definition) is 2. The first-order valence-corrected chi connectivity index (χ1v) is 12.8. The maximum atomic E-state index is 6.50. The van der Waals surface area contributed by atoms with Crippen molar-refractivity contribution in [3.63, 3.8) is 0 Å². The number of thiophene rings is 1. The summed E-state index contributed by atoms with van der Waals surface area (Å²) in [4.78, 5) is 8.42. The molecule has 0 unspecified atom stereocenters. The zero-order valence-corrected chi connectivity index (χ0v) is 20.0. The van der Waals surface area contributed by atoms with Crippen molar-refractivity contribution in [3.05, 3.63) is 109 Å². The van der Waals surface area contributed by atoms with Gasteiger partial charge in [-0.3, -0.25) is 0 Å². The van der Waals surface area contributed by atoms with E-state index in [2.05, 4.69) is 107 Å². The van der Waals surface area contributed by atoms with Crippen LogP contribution >= 0.6 is 11.3 Å². The molecule has 0 aliphatic carbocycles. The van der Waals surface area contributed by atoms with Gasteiger partial charge in [0.15, 0.2) is 0 Å². The van der Waals surface area contributed by atoms with Crippen molar-refractivity contribution in [2.24, 2.45) is 0 Å². The lowest BCUT2D eigenvalue weighted by atomic mass is 9.96. The third-order valence-electron chi connectivity index (χ3n) is 7.02. The summed E-state index contributed by atoms with van der Waals surface area (Å²) >= 11 is 1.82. The number of hydrogen-bond donors (Lipinski definition) is 2. The van der Waals surface area contributed by atoms with Crippen LogP contribution in [0.25, 0.3) is 75.9 Å². The van der Waals surface area contributed by atoms with Crippen molar-refractivity contribution in [2.45, 2.75) is 0 Å². The van der Waals surface area contributed by atoms with Crippen LogP contribution < -0.4 is 0 Å². The highest BCUT2D eigenvalue weighted by Gasteiger charge is 2.21. The standard InChI is InChI=1S/C32H20N2OS/c1-4-10-24-19(7-1)15-25(34-24)32-30-22(18-33-32)13-14-23(29-17-21-9-3-6-12-28(21)36-29)31(30)27-16-20-8-2-5-11-26(20)35-27/h1-18,33-34H. The van der Waals surface area contributed by atoms with Gasteiger partial charge in [-0.2, -0.15) is 0 Å². The predicted molar refractivity (Wildman–Crippen MR) is 152 cm³/mol. The summed E-state index contributed by atoms with van der Waals surface area (Å²) in [6.07, 6.45) is 2.09. The molecular formula is C32H20N2OS. The Balaban J connectivity index is 1.47. The molecule has 0 aliphatic rings. The van der Waals surface area contributed by atoms with Crippen molar-refractivity contribution in [1.29, 1.82) is 0 Å². The number of benzene rings is 4. The molecule has 4 heteroatoms. The van der Waals surface area contributed by atoms with Gasteiger partial charge in [0, 0.05) is 54.0 Å². The van der Waals surface area contributed by atoms with Gasteiger partial charge in [-0.15, -0.1) is 11.3 Å². The van der Waals surface area contributed by atoms with Crippen LogP contribution in [0.3, 0.4) is 0 Å². The first-order chi connectivity index (χ1) is 17.8. The molecule has 0 bridgehead atoms. The maximum Gasteiger partial charge on any atom is 0.136 e. The molecule has 0 atom stereocenters. The van der Waals surface area contributed by atoms with Crippen LogP contribution in [-0.4, -0.2) is 9.97 Å². The SMILES string of the molecule is c1ccc2[nH]c(-c3[nH]cc4ccc(-c5cc6ccccc6s5)c(-c5cc6ccccc6o5)c34)cc2c1. The average Bonchev–Trinajstić information content (AvgIpc) is 3.70. The highest BCUT2D eigenvalue weighted by atomic mass is 32.1. The molecule has 0 saturated heterocycles. The number of H-pyrrole nitrogens is 2. The summed E-state index contributed by atoms with van der Waals surface area (Å²) in [6, 6.07) is 36.3. The van der Waals surface area contributed by atoms with Crippen molar-refractivity contribution < 1.29 is 4.42 Å². The van der Waals surface area contributed by atoms with E-state index in [9.17, 15) is 0 Å². The van der Waals surface area contributed by atoms with Crippen molar-refractivity contribution >= 4 is 54.1 Å². The van der Waals surface area contributed by atoms with Crippen LogP contribution in [0, 0.1) is 0 Å². The molecule has 8 rings (SSSR count). The second-order valence-electron chi connectivity index (χ2n) is 9.18. The van der Waals surface area contributed by atoms with Crippen LogP contribution in [-0.2, 0) is 0 Å². The van der Waals surface area contributed by atoms with Crippen molar-refractivity contribution in [3.8, 4) is 33.2 Å². The van der Waals surface area contributed by atoms with E-state index in [0.29, 0.717) is 0 Å². The van der Waals surface area contributed by atoms with Gasteiger partial charge in [0.25, 0.3) is 0 Å². The summed E-state index contributed by atoms with van der Waals surface area (Å²) in [5, 5.41) is 5.88. The van der Waals surface area contributed by atoms with Gasteiger partial charge in [-0.25, -0.2) is 0 Å². The lowest BCUT2D eigenvalue weighted by Gasteiger charge is -2.10. The zero-order valence-electron chi connectivity index (χ0n) is 19.2. The monoisotopic (exact) mass is 480 g/mol. The lowest BCUT2D eigenvalue weighted by Crippen LogP contribution is -1.86. The molecule has 0 amide bonds. The van der Waals surface area contributed by atoms with Crippen LogP contribution in [0.5, 0.6) is 0 Å². The summed E-state index contributed by atoms with van der Waals surface area (Å²) in [5.41, 5.74) is 6.46. The largest absolute Gasteiger partial charge is 0.456 e. The third kappa shape index (κ3) is 2.92. The van der Waals surface area contributed by atoms with E-state index in [1.54, 1.807) is 0 Å². The van der Waals surface area contributed by atoms with Gasteiger partial charge in [-0.05, 0) is 41.8 Å². The Morgan fingerprint density at radius 3 is 2.33 bits per heavy atom. The Bertz CT molecular complexity index is 1970. The van der Waals surface area contributed by atoms with Gasteiger partial charge in [0.2, 0.25) is 0 Å². The number of para-hydroxylation sites is 2. The molecule has 0 radical (unpaired) electrons. The molecule has 8 aromatic rings. The summed E-state index contributed by atoms with van der Waals surface area (Å²) in [7, 11) is 0. The molecule has 0 fully saturated rings.